The summed E-state index contributed by atoms with van der Waals surface area (Å²) in [6.07, 6.45) is 0. The third-order valence-corrected chi connectivity index (χ3v) is 4.55. The number of thiazole rings is 1. The van der Waals surface area contributed by atoms with E-state index in [0.717, 1.165) is 26.3 Å². The van der Waals surface area contributed by atoms with E-state index in [2.05, 4.69) is 29.0 Å². The smallest absolute Gasteiger partial charge is 0.263 e. The number of hydrogen-bond acceptors (Lipinski definition) is 6. The largest absolute Gasteiger partial charge is 0.379 e. The summed E-state index contributed by atoms with van der Waals surface area (Å²) in [6, 6.07) is 0. The molecule has 0 aromatic carbocycles. The fourth-order valence-corrected chi connectivity index (χ4v) is 3.04. The maximum Gasteiger partial charge on any atom is 0.263 e. The molecule has 1 fully saturated rings. The highest BCUT2D eigenvalue weighted by Crippen LogP contribution is 2.20. The number of anilines is 1. The number of nitrogens with two attached hydrogens (primary N) is 1. The highest BCUT2D eigenvalue weighted by atomic mass is 32.1. The fraction of sp³-hybridized carbons (Fsp3) is 0.692. The van der Waals surface area contributed by atoms with E-state index in [1.807, 2.05) is 0 Å². The first-order valence-corrected chi connectivity index (χ1v) is 7.56. The average Bonchev–Trinajstić information content (AvgIpc) is 2.76. The van der Waals surface area contributed by atoms with Crippen LogP contribution in [0.3, 0.4) is 0 Å². The normalized spacial score (nSPS) is 17.1. The predicted molar refractivity (Wildman–Crippen MR) is 80.1 cm³/mol. The lowest BCUT2D eigenvalue weighted by molar-refractivity contribution is -0.00922. The van der Waals surface area contributed by atoms with Gasteiger partial charge in [-0.05, 0) is 20.8 Å². The average molecular weight is 298 g/mol. The van der Waals surface area contributed by atoms with Crippen LogP contribution in [0.2, 0.25) is 0 Å². The fourth-order valence-electron chi connectivity index (χ4n) is 2.29. The van der Waals surface area contributed by atoms with E-state index in [9.17, 15) is 4.79 Å². The number of carbonyl (C=O) groups is 1. The minimum absolute atomic E-state index is 0.0937. The van der Waals surface area contributed by atoms with Crippen LogP contribution in [0, 0.1) is 6.92 Å². The number of aromatic nitrogens is 1. The zero-order valence-electron chi connectivity index (χ0n) is 12.2. The zero-order valence-corrected chi connectivity index (χ0v) is 13.0. The number of rotatable bonds is 4. The second-order valence-electron chi connectivity index (χ2n) is 5.56. The van der Waals surface area contributed by atoms with Crippen LogP contribution in [0.25, 0.3) is 0 Å². The Morgan fingerprint density at radius 3 is 2.70 bits per heavy atom. The molecule has 0 saturated carbocycles. The van der Waals surface area contributed by atoms with Crippen molar-refractivity contribution in [1.29, 1.82) is 0 Å². The van der Waals surface area contributed by atoms with Gasteiger partial charge in [0.05, 0.1) is 18.9 Å². The maximum absolute atomic E-state index is 12.2. The van der Waals surface area contributed by atoms with Crippen molar-refractivity contribution in [1.82, 2.24) is 15.2 Å². The molecule has 7 heteroatoms. The van der Waals surface area contributed by atoms with Gasteiger partial charge in [0.25, 0.3) is 5.91 Å². The van der Waals surface area contributed by atoms with Gasteiger partial charge in [0.15, 0.2) is 5.13 Å². The number of nitrogens with zero attached hydrogens (tertiary/aromatic N) is 2. The molecule has 6 nitrogen and oxygen atoms in total. The van der Waals surface area contributed by atoms with Crippen molar-refractivity contribution in [3.63, 3.8) is 0 Å². The van der Waals surface area contributed by atoms with Crippen molar-refractivity contribution >= 4 is 22.4 Å². The monoisotopic (exact) mass is 298 g/mol. The van der Waals surface area contributed by atoms with Gasteiger partial charge in [0, 0.05) is 25.2 Å². The predicted octanol–water partition coefficient (Wildman–Crippen LogP) is 0.874. The summed E-state index contributed by atoms with van der Waals surface area (Å²) in [4.78, 5) is 19.2. The molecule has 1 aliphatic heterocycles. The molecule has 1 aliphatic rings. The third kappa shape index (κ3) is 3.47. The van der Waals surface area contributed by atoms with Crippen molar-refractivity contribution in [3.8, 4) is 0 Å². The maximum atomic E-state index is 12.2. The molecule has 112 valence electrons. The van der Waals surface area contributed by atoms with Gasteiger partial charge in [-0.25, -0.2) is 4.98 Å². The number of hydrogen-bond donors (Lipinski definition) is 2. The number of nitrogen functional groups attached to an aromatic ring is 1. The molecular weight excluding hydrogens is 276 g/mol. The van der Waals surface area contributed by atoms with Crippen molar-refractivity contribution in [2.24, 2.45) is 0 Å². The van der Waals surface area contributed by atoms with Crippen LogP contribution in [0.5, 0.6) is 0 Å². The Balaban J connectivity index is 1.93. The Bertz CT molecular complexity index is 481. The van der Waals surface area contributed by atoms with Crippen LogP contribution in [0.15, 0.2) is 0 Å². The van der Waals surface area contributed by atoms with E-state index >= 15 is 0 Å². The second kappa shape index (κ2) is 6.07. The first-order valence-electron chi connectivity index (χ1n) is 6.74. The molecule has 2 heterocycles. The highest BCUT2D eigenvalue weighted by molar-refractivity contribution is 7.17. The molecule has 0 aliphatic carbocycles. The SMILES string of the molecule is Cc1nc(N)sc1C(=O)NCC(C)(C)N1CCOCC1. The molecule has 1 aromatic rings. The van der Waals surface area contributed by atoms with E-state index in [1.54, 1.807) is 6.92 Å². The van der Waals surface area contributed by atoms with Gasteiger partial charge < -0.3 is 15.8 Å². The summed E-state index contributed by atoms with van der Waals surface area (Å²) in [6.45, 7) is 9.95. The van der Waals surface area contributed by atoms with Crippen LogP contribution >= 0.6 is 11.3 Å². The van der Waals surface area contributed by atoms with Crippen molar-refractivity contribution in [3.05, 3.63) is 10.6 Å². The topological polar surface area (TPSA) is 80.5 Å². The minimum Gasteiger partial charge on any atom is -0.379 e. The lowest BCUT2D eigenvalue weighted by atomic mass is 10.0. The molecule has 1 amide bonds. The molecule has 1 saturated heterocycles. The van der Waals surface area contributed by atoms with Gasteiger partial charge >= 0.3 is 0 Å². The Labute approximate surface area is 123 Å². The third-order valence-electron chi connectivity index (χ3n) is 3.57. The van der Waals surface area contributed by atoms with Crippen molar-refractivity contribution < 1.29 is 9.53 Å². The lowest BCUT2D eigenvalue weighted by Gasteiger charge is -2.40. The number of aryl methyl sites for hydroxylation is 1. The molecule has 20 heavy (non-hydrogen) atoms. The van der Waals surface area contributed by atoms with Gasteiger partial charge in [0.1, 0.15) is 4.88 Å². The Morgan fingerprint density at radius 2 is 2.15 bits per heavy atom. The standard InChI is InChI=1S/C13H22N4O2S/c1-9-10(20-12(14)16-9)11(18)15-8-13(2,3)17-4-6-19-7-5-17/h4-8H2,1-3H3,(H2,14,16)(H,15,18). The van der Waals surface area contributed by atoms with Crippen molar-refractivity contribution in [2.45, 2.75) is 26.3 Å². The first kappa shape index (κ1) is 15.2. The molecule has 0 atom stereocenters. The number of morpholine rings is 1. The molecular formula is C13H22N4O2S. The lowest BCUT2D eigenvalue weighted by Crippen LogP contribution is -2.55. The number of carbonyl (C=O) groups excluding carboxylic acids is 1. The van der Waals surface area contributed by atoms with E-state index < -0.39 is 0 Å². The number of nitrogens with one attached hydrogen (secondary N) is 1. The van der Waals surface area contributed by atoms with E-state index in [1.165, 1.54) is 11.3 Å². The van der Waals surface area contributed by atoms with E-state index in [4.69, 9.17) is 10.5 Å². The summed E-state index contributed by atoms with van der Waals surface area (Å²) >= 11 is 1.23. The molecule has 0 spiro atoms. The summed E-state index contributed by atoms with van der Waals surface area (Å²) < 4.78 is 5.36. The minimum atomic E-state index is -0.0990. The van der Waals surface area contributed by atoms with Crippen LogP contribution in [-0.2, 0) is 4.74 Å². The molecule has 3 N–H and O–H groups in total. The Kier molecular flexibility index (Phi) is 4.62. The zero-order chi connectivity index (χ0) is 14.8. The van der Waals surface area contributed by atoms with Crippen LogP contribution in [0.4, 0.5) is 5.13 Å². The van der Waals surface area contributed by atoms with Crippen LogP contribution < -0.4 is 11.1 Å². The van der Waals surface area contributed by atoms with Gasteiger partial charge in [0.2, 0.25) is 0 Å². The quantitative estimate of drug-likeness (QED) is 0.862. The first-order chi connectivity index (χ1) is 9.40. The van der Waals surface area contributed by atoms with Crippen molar-refractivity contribution in [2.75, 3.05) is 38.6 Å². The van der Waals surface area contributed by atoms with Gasteiger partial charge in [-0.1, -0.05) is 11.3 Å². The Morgan fingerprint density at radius 1 is 1.50 bits per heavy atom. The summed E-state index contributed by atoms with van der Waals surface area (Å²) in [5.41, 5.74) is 6.22. The summed E-state index contributed by atoms with van der Waals surface area (Å²) in [5.74, 6) is -0.0990. The number of amides is 1. The molecule has 0 unspecified atom stereocenters. The van der Waals surface area contributed by atoms with Crippen LogP contribution in [-0.4, -0.2) is 54.2 Å². The molecule has 2 rings (SSSR count). The molecule has 0 radical (unpaired) electrons. The number of ether oxygens (including phenoxy) is 1. The van der Waals surface area contributed by atoms with Gasteiger partial charge in [-0.2, -0.15) is 0 Å². The molecule has 1 aromatic heterocycles. The summed E-state index contributed by atoms with van der Waals surface area (Å²) in [7, 11) is 0. The molecule has 0 bridgehead atoms. The Hall–Kier alpha value is -1.18. The van der Waals surface area contributed by atoms with Crippen LogP contribution in [0.1, 0.15) is 29.2 Å². The van der Waals surface area contributed by atoms with E-state index in [-0.39, 0.29) is 11.4 Å². The van der Waals surface area contributed by atoms with Gasteiger partial charge in [-0.3, -0.25) is 9.69 Å². The summed E-state index contributed by atoms with van der Waals surface area (Å²) in [5, 5.41) is 3.41. The highest BCUT2D eigenvalue weighted by Gasteiger charge is 2.29. The second-order valence-corrected chi connectivity index (χ2v) is 6.59. The van der Waals surface area contributed by atoms with E-state index in [0.29, 0.717) is 22.2 Å². The van der Waals surface area contributed by atoms with Gasteiger partial charge in [-0.15, -0.1) is 0 Å².